The van der Waals surface area contributed by atoms with Crippen LogP contribution < -0.4 is 5.73 Å². The Labute approximate surface area is 94.2 Å². The summed E-state index contributed by atoms with van der Waals surface area (Å²) in [5, 5.41) is 0.370. The molecule has 1 nitrogen and oxygen atoms in total. The normalized spacial score (nSPS) is 11.6. The van der Waals surface area contributed by atoms with Crippen molar-refractivity contribution in [2.75, 3.05) is 0 Å². The molecule has 0 spiro atoms. The lowest BCUT2D eigenvalue weighted by molar-refractivity contribution is 0.625. The van der Waals surface area contributed by atoms with Gasteiger partial charge < -0.3 is 5.73 Å². The van der Waals surface area contributed by atoms with Crippen molar-refractivity contribution in [3.8, 4) is 0 Å². The van der Waals surface area contributed by atoms with E-state index >= 15 is 0 Å². The van der Waals surface area contributed by atoms with Gasteiger partial charge in [0.25, 0.3) is 0 Å². The van der Waals surface area contributed by atoms with Gasteiger partial charge in [-0.15, -0.1) is 19.0 Å². The van der Waals surface area contributed by atoms with Crippen LogP contribution in [0.2, 0.25) is 5.02 Å². The second-order valence-electron chi connectivity index (χ2n) is 2.80. The monoisotopic (exact) mass is 235 g/mol. The summed E-state index contributed by atoms with van der Waals surface area (Å²) >= 11 is 5.81. The van der Waals surface area contributed by atoms with E-state index in [1.54, 1.807) is 12.1 Å². The first-order valence-corrected chi connectivity index (χ1v) is 4.34. The SMILES string of the molecule is C=CC[C@H](N)c1ccc(F)cc1Cl.Cl. The molecule has 0 aliphatic heterocycles. The van der Waals surface area contributed by atoms with Gasteiger partial charge in [0.05, 0.1) is 0 Å². The van der Waals surface area contributed by atoms with Crippen molar-refractivity contribution < 1.29 is 4.39 Å². The molecular weight excluding hydrogens is 224 g/mol. The first kappa shape index (κ1) is 13.4. The molecule has 0 aromatic heterocycles. The molecule has 2 N–H and O–H groups in total. The van der Waals surface area contributed by atoms with Crippen LogP contribution in [0, 0.1) is 5.82 Å². The summed E-state index contributed by atoms with van der Waals surface area (Å²) in [6, 6.07) is 4.01. The molecule has 0 heterocycles. The van der Waals surface area contributed by atoms with Crippen molar-refractivity contribution in [3.05, 3.63) is 47.3 Å². The first-order chi connectivity index (χ1) is 6.15. The van der Waals surface area contributed by atoms with Crippen molar-refractivity contribution in [1.82, 2.24) is 0 Å². The number of hydrogen-bond acceptors (Lipinski definition) is 1. The van der Waals surface area contributed by atoms with E-state index in [0.717, 1.165) is 5.56 Å². The van der Waals surface area contributed by atoms with Gasteiger partial charge >= 0.3 is 0 Å². The molecule has 0 saturated heterocycles. The van der Waals surface area contributed by atoms with Crippen LogP contribution in [-0.4, -0.2) is 0 Å². The molecule has 1 atom stereocenters. The summed E-state index contributed by atoms with van der Waals surface area (Å²) in [4.78, 5) is 0. The van der Waals surface area contributed by atoms with Crippen molar-refractivity contribution in [3.63, 3.8) is 0 Å². The number of rotatable bonds is 3. The molecule has 0 amide bonds. The average molecular weight is 236 g/mol. The molecule has 1 aromatic rings. The number of benzene rings is 1. The van der Waals surface area contributed by atoms with E-state index in [0.29, 0.717) is 11.4 Å². The van der Waals surface area contributed by atoms with Crippen LogP contribution in [0.25, 0.3) is 0 Å². The fourth-order valence-electron chi connectivity index (χ4n) is 1.11. The maximum absolute atomic E-state index is 12.7. The Kier molecular flexibility index (Phi) is 5.77. The van der Waals surface area contributed by atoms with Gasteiger partial charge in [0.1, 0.15) is 5.82 Å². The van der Waals surface area contributed by atoms with E-state index in [2.05, 4.69) is 6.58 Å². The third kappa shape index (κ3) is 3.29. The molecule has 0 fully saturated rings. The molecule has 0 aliphatic rings. The van der Waals surface area contributed by atoms with Gasteiger partial charge in [-0.3, -0.25) is 0 Å². The maximum atomic E-state index is 12.7. The van der Waals surface area contributed by atoms with Crippen LogP contribution >= 0.6 is 24.0 Å². The summed E-state index contributed by atoms with van der Waals surface area (Å²) in [7, 11) is 0. The maximum Gasteiger partial charge on any atom is 0.124 e. The molecule has 0 radical (unpaired) electrons. The summed E-state index contributed by atoms with van der Waals surface area (Å²) in [5.74, 6) is -0.348. The smallest absolute Gasteiger partial charge is 0.124 e. The third-order valence-electron chi connectivity index (χ3n) is 1.78. The van der Waals surface area contributed by atoms with Gasteiger partial charge in [-0.25, -0.2) is 4.39 Å². The van der Waals surface area contributed by atoms with E-state index < -0.39 is 0 Å². The lowest BCUT2D eigenvalue weighted by atomic mass is 10.0. The van der Waals surface area contributed by atoms with Crippen LogP contribution in [0.5, 0.6) is 0 Å². The van der Waals surface area contributed by atoms with Gasteiger partial charge in [-0.1, -0.05) is 23.7 Å². The zero-order valence-corrected chi connectivity index (χ0v) is 9.11. The zero-order chi connectivity index (χ0) is 9.84. The van der Waals surface area contributed by atoms with E-state index in [9.17, 15) is 4.39 Å². The molecule has 0 aliphatic carbocycles. The predicted molar refractivity (Wildman–Crippen MR) is 60.4 cm³/mol. The molecule has 4 heteroatoms. The van der Waals surface area contributed by atoms with Gasteiger partial charge in [0.2, 0.25) is 0 Å². The van der Waals surface area contributed by atoms with Crippen LogP contribution in [0.15, 0.2) is 30.9 Å². The summed E-state index contributed by atoms with van der Waals surface area (Å²) in [6.07, 6.45) is 2.34. The van der Waals surface area contributed by atoms with Crippen molar-refractivity contribution in [2.45, 2.75) is 12.5 Å². The van der Waals surface area contributed by atoms with E-state index in [4.69, 9.17) is 17.3 Å². The first-order valence-electron chi connectivity index (χ1n) is 3.96. The van der Waals surface area contributed by atoms with E-state index in [1.165, 1.54) is 12.1 Å². The predicted octanol–water partition coefficient (Wildman–Crippen LogP) is 3.48. The standard InChI is InChI=1S/C10H11ClFN.ClH/c1-2-3-10(13)8-5-4-7(12)6-9(8)11;/h2,4-6,10H,1,3,13H2;1H/t10-;/m0./s1. The highest BCUT2D eigenvalue weighted by molar-refractivity contribution is 6.31. The highest BCUT2D eigenvalue weighted by Gasteiger charge is 2.08. The lowest BCUT2D eigenvalue weighted by Gasteiger charge is -2.10. The van der Waals surface area contributed by atoms with Crippen molar-refractivity contribution in [1.29, 1.82) is 0 Å². The lowest BCUT2D eigenvalue weighted by Crippen LogP contribution is -2.09. The molecule has 1 rings (SSSR count). The topological polar surface area (TPSA) is 26.0 Å². The molecule has 0 saturated carbocycles. The van der Waals surface area contributed by atoms with Gasteiger partial charge in [-0.05, 0) is 24.1 Å². The van der Waals surface area contributed by atoms with Crippen LogP contribution in [0.3, 0.4) is 0 Å². The molecule has 1 aromatic carbocycles. The Morgan fingerprint density at radius 1 is 1.57 bits per heavy atom. The Morgan fingerprint density at radius 2 is 2.21 bits per heavy atom. The van der Waals surface area contributed by atoms with Gasteiger partial charge in [0, 0.05) is 11.1 Å². The molecule has 0 unspecified atom stereocenters. The van der Waals surface area contributed by atoms with Gasteiger partial charge in [0.15, 0.2) is 0 Å². The highest BCUT2D eigenvalue weighted by Crippen LogP contribution is 2.24. The van der Waals surface area contributed by atoms with Gasteiger partial charge in [-0.2, -0.15) is 0 Å². The Morgan fingerprint density at radius 3 is 2.71 bits per heavy atom. The highest BCUT2D eigenvalue weighted by atomic mass is 35.5. The minimum absolute atomic E-state index is 0. The zero-order valence-electron chi connectivity index (χ0n) is 7.54. The molecule has 14 heavy (non-hydrogen) atoms. The van der Waals surface area contributed by atoms with Crippen LogP contribution in [-0.2, 0) is 0 Å². The summed E-state index contributed by atoms with van der Waals surface area (Å²) < 4.78 is 12.7. The summed E-state index contributed by atoms with van der Waals surface area (Å²) in [6.45, 7) is 3.58. The number of nitrogens with two attached hydrogens (primary N) is 1. The quantitative estimate of drug-likeness (QED) is 0.799. The number of hydrogen-bond donors (Lipinski definition) is 1. The Bertz CT molecular complexity index is 315. The van der Waals surface area contributed by atoms with Crippen molar-refractivity contribution >= 4 is 24.0 Å². The Balaban J connectivity index is 0.00000169. The molecular formula is C10H12Cl2FN. The third-order valence-corrected chi connectivity index (χ3v) is 2.11. The van der Waals surface area contributed by atoms with Crippen molar-refractivity contribution in [2.24, 2.45) is 5.73 Å². The minimum Gasteiger partial charge on any atom is -0.324 e. The second kappa shape index (κ2) is 6.02. The largest absolute Gasteiger partial charge is 0.324 e. The fourth-order valence-corrected chi connectivity index (χ4v) is 1.42. The number of halogens is 3. The van der Waals surface area contributed by atoms with E-state index in [1.807, 2.05) is 0 Å². The Hall–Kier alpha value is -0.570. The van der Waals surface area contributed by atoms with Crippen LogP contribution in [0.4, 0.5) is 4.39 Å². The molecule has 78 valence electrons. The fraction of sp³-hybridized carbons (Fsp3) is 0.200. The molecule has 0 bridgehead atoms. The minimum atomic E-state index is -0.348. The average Bonchev–Trinajstić information content (AvgIpc) is 2.04. The van der Waals surface area contributed by atoms with E-state index in [-0.39, 0.29) is 24.3 Å². The second-order valence-corrected chi connectivity index (χ2v) is 3.20. The summed E-state index contributed by atoms with van der Waals surface area (Å²) in [5.41, 5.74) is 6.53. The van der Waals surface area contributed by atoms with Crippen LogP contribution in [0.1, 0.15) is 18.0 Å².